The zero-order chi connectivity index (χ0) is 19.9. The second-order valence-electron chi connectivity index (χ2n) is 6.76. The molecule has 2 fully saturated rings. The Kier molecular flexibility index (Phi) is 7.27. The van der Waals surface area contributed by atoms with Gasteiger partial charge >= 0.3 is 0 Å². The summed E-state index contributed by atoms with van der Waals surface area (Å²) in [5.41, 5.74) is 0.519. The number of carbonyl (C=O) groups is 3. The molecule has 2 aliphatic heterocycles. The first-order valence-electron chi connectivity index (χ1n) is 9.34. The highest BCUT2D eigenvalue weighted by molar-refractivity contribution is 8.00. The summed E-state index contributed by atoms with van der Waals surface area (Å²) in [7, 11) is 0. The maximum absolute atomic E-state index is 12.9. The first-order chi connectivity index (χ1) is 13.5. The number of amides is 3. The number of nitrogens with zero attached hydrogens (tertiary/aromatic N) is 2. The smallest absolute Gasteiger partial charge is 0.251 e. The van der Waals surface area contributed by atoms with E-state index in [-0.39, 0.29) is 41.1 Å². The molecule has 9 heteroatoms. The van der Waals surface area contributed by atoms with Crippen molar-refractivity contribution in [2.24, 2.45) is 0 Å². The van der Waals surface area contributed by atoms with Crippen molar-refractivity contribution < 1.29 is 23.5 Å². The SMILES string of the molecule is O=C(CSCC(=O)N1CCN(C(=O)C2CCCO2)CC1)Nc1ccc(F)cc1. The number of anilines is 1. The molecular weight excluding hydrogens is 385 g/mol. The van der Waals surface area contributed by atoms with Crippen LogP contribution in [-0.4, -0.2) is 77.9 Å². The van der Waals surface area contributed by atoms with Gasteiger partial charge in [0.25, 0.3) is 5.91 Å². The molecule has 1 atom stereocenters. The van der Waals surface area contributed by atoms with Crippen molar-refractivity contribution in [2.75, 3.05) is 49.6 Å². The van der Waals surface area contributed by atoms with Crippen molar-refractivity contribution >= 4 is 35.2 Å². The van der Waals surface area contributed by atoms with Gasteiger partial charge in [0, 0.05) is 38.5 Å². The maximum atomic E-state index is 12.9. The molecule has 2 saturated heterocycles. The van der Waals surface area contributed by atoms with Crippen LogP contribution in [0, 0.1) is 5.82 Å². The zero-order valence-electron chi connectivity index (χ0n) is 15.6. The van der Waals surface area contributed by atoms with Crippen LogP contribution in [0.3, 0.4) is 0 Å². The van der Waals surface area contributed by atoms with Crippen molar-refractivity contribution in [2.45, 2.75) is 18.9 Å². The summed E-state index contributed by atoms with van der Waals surface area (Å²) >= 11 is 1.24. The number of benzene rings is 1. The van der Waals surface area contributed by atoms with Crippen LogP contribution in [0.1, 0.15) is 12.8 Å². The third-order valence-electron chi connectivity index (χ3n) is 4.74. The van der Waals surface area contributed by atoms with Crippen LogP contribution >= 0.6 is 11.8 Å². The predicted octanol–water partition coefficient (Wildman–Crippen LogP) is 1.35. The highest BCUT2D eigenvalue weighted by Crippen LogP contribution is 2.16. The van der Waals surface area contributed by atoms with Crippen molar-refractivity contribution in [3.63, 3.8) is 0 Å². The van der Waals surface area contributed by atoms with Gasteiger partial charge in [-0.1, -0.05) is 0 Å². The molecule has 0 spiro atoms. The van der Waals surface area contributed by atoms with Gasteiger partial charge in [0.15, 0.2) is 0 Å². The minimum atomic E-state index is -0.365. The van der Waals surface area contributed by atoms with E-state index in [1.807, 2.05) is 0 Å². The second-order valence-corrected chi connectivity index (χ2v) is 7.74. The zero-order valence-corrected chi connectivity index (χ0v) is 16.4. The number of rotatable bonds is 6. The van der Waals surface area contributed by atoms with E-state index in [2.05, 4.69) is 5.32 Å². The number of ether oxygens (including phenoxy) is 1. The van der Waals surface area contributed by atoms with Crippen molar-refractivity contribution in [1.82, 2.24) is 9.80 Å². The number of halogens is 1. The molecule has 0 bridgehead atoms. The lowest BCUT2D eigenvalue weighted by Crippen LogP contribution is -2.53. The topological polar surface area (TPSA) is 79.0 Å². The summed E-state index contributed by atoms with van der Waals surface area (Å²) in [5, 5.41) is 2.66. The quantitative estimate of drug-likeness (QED) is 0.767. The summed E-state index contributed by atoms with van der Waals surface area (Å²) in [4.78, 5) is 40.0. The number of thioether (sulfide) groups is 1. The standard InChI is InChI=1S/C19H24FN3O4S/c20-14-3-5-15(6-4-14)21-17(24)12-28-13-18(25)22-7-9-23(10-8-22)19(26)16-2-1-11-27-16/h3-6,16H,1-2,7-13H2,(H,21,24). The highest BCUT2D eigenvalue weighted by Gasteiger charge is 2.31. The third-order valence-corrected chi connectivity index (χ3v) is 5.65. The highest BCUT2D eigenvalue weighted by atomic mass is 32.2. The number of hydrogen-bond acceptors (Lipinski definition) is 5. The third kappa shape index (κ3) is 5.68. The van der Waals surface area contributed by atoms with Gasteiger partial charge in [-0.3, -0.25) is 14.4 Å². The molecular formula is C19H24FN3O4S. The Morgan fingerprint density at radius 2 is 1.75 bits per heavy atom. The molecule has 1 aromatic rings. The molecule has 28 heavy (non-hydrogen) atoms. The summed E-state index contributed by atoms with van der Waals surface area (Å²) in [5.74, 6) is -0.274. The average molecular weight is 409 g/mol. The molecule has 3 rings (SSSR count). The van der Waals surface area contributed by atoms with Gasteiger partial charge in [0.1, 0.15) is 11.9 Å². The summed E-state index contributed by atoms with van der Waals surface area (Å²) in [6.07, 6.45) is 1.37. The van der Waals surface area contributed by atoms with Crippen LogP contribution in [0.5, 0.6) is 0 Å². The minimum absolute atomic E-state index is 0.0245. The van der Waals surface area contributed by atoms with Crippen LogP contribution in [0.25, 0.3) is 0 Å². The van der Waals surface area contributed by atoms with E-state index < -0.39 is 0 Å². The fraction of sp³-hybridized carbons (Fsp3) is 0.526. The number of carbonyl (C=O) groups excluding carboxylic acids is 3. The van der Waals surface area contributed by atoms with E-state index in [9.17, 15) is 18.8 Å². The minimum Gasteiger partial charge on any atom is -0.368 e. The predicted molar refractivity (Wildman–Crippen MR) is 104 cm³/mol. The molecule has 1 unspecified atom stereocenters. The van der Waals surface area contributed by atoms with Crippen LogP contribution in [0.15, 0.2) is 24.3 Å². The molecule has 3 amide bonds. The lowest BCUT2D eigenvalue weighted by atomic mass is 10.2. The summed E-state index contributed by atoms with van der Waals surface area (Å²) < 4.78 is 18.3. The van der Waals surface area contributed by atoms with E-state index in [4.69, 9.17) is 4.74 Å². The van der Waals surface area contributed by atoms with Crippen molar-refractivity contribution in [3.05, 3.63) is 30.1 Å². The van der Waals surface area contributed by atoms with Gasteiger partial charge in [-0.25, -0.2) is 4.39 Å². The van der Waals surface area contributed by atoms with E-state index >= 15 is 0 Å². The first-order valence-corrected chi connectivity index (χ1v) is 10.5. The fourth-order valence-electron chi connectivity index (χ4n) is 3.20. The van der Waals surface area contributed by atoms with E-state index in [0.29, 0.717) is 38.5 Å². The molecule has 0 radical (unpaired) electrons. The fourth-order valence-corrected chi connectivity index (χ4v) is 3.92. The average Bonchev–Trinajstić information content (AvgIpc) is 3.24. The van der Waals surface area contributed by atoms with Crippen LogP contribution in [-0.2, 0) is 19.1 Å². The summed E-state index contributed by atoms with van der Waals surface area (Å²) in [6, 6.07) is 5.52. The Morgan fingerprint density at radius 1 is 1.07 bits per heavy atom. The van der Waals surface area contributed by atoms with Crippen LogP contribution < -0.4 is 5.32 Å². The lowest BCUT2D eigenvalue weighted by molar-refractivity contribution is -0.145. The van der Waals surface area contributed by atoms with Gasteiger partial charge in [0.05, 0.1) is 11.5 Å². The van der Waals surface area contributed by atoms with E-state index in [0.717, 1.165) is 12.8 Å². The monoisotopic (exact) mass is 409 g/mol. The molecule has 152 valence electrons. The van der Waals surface area contributed by atoms with Gasteiger partial charge < -0.3 is 19.9 Å². The Labute approximate surface area is 167 Å². The molecule has 2 heterocycles. The molecule has 0 aliphatic carbocycles. The lowest BCUT2D eigenvalue weighted by Gasteiger charge is -2.35. The molecule has 1 aromatic carbocycles. The molecule has 0 saturated carbocycles. The van der Waals surface area contributed by atoms with Crippen LogP contribution in [0.4, 0.5) is 10.1 Å². The Balaban J connectivity index is 1.33. The van der Waals surface area contributed by atoms with Gasteiger partial charge in [0.2, 0.25) is 11.8 Å². The Morgan fingerprint density at radius 3 is 2.39 bits per heavy atom. The molecule has 2 aliphatic rings. The van der Waals surface area contributed by atoms with E-state index in [1.54, 1.807) is 9.80 Å². The molecule has 0 aromatic heterocycles. The maximum Gasteiger partial charge on any atom is 0.251 e. The van der Waals surface area contributed by atoms with Gasteiger partial charge in [-0.2, -0.15) is 0 Å². The number of nitrogens with one attached hydrogen (secondary N) is 1. The number of piperazine rings is 1. The van der Waals surface area contributed by atoms with Crippen molar-refractivity contribution in [3.8, 4) is 0 Å². The molecule has 1 N–H and O–H groups in total. The molecule has 7 nitrogen and oxygen atoms in total. The normalized spacial score (nSPS) is 19.5. The van der Waals surface area contributed by atoms with Gasteiger partial charge in [-0.05, 0) is 37.1 Å². The van der Waals surface area contributed by atoms with Crippen molar-refractivity contribution in [1.29, 1.82) is 0 Å². The largest absolute Gasteiger partial charge is 0.368 e. The van der Waals surface area contributed by atoms with Crippen LogP contribution in [0.2, 0.25) is 0 Å². The summed E-state index contributed by atoms with van der Waals surface area (Å²) in [6.45, 7) is 2.67. The second kappa shape index (κ2) is 9.88. The Hall–Kier alpha value is -2.13. The van der Waals surface area contributed by atoms with E-state index in [1.165, 1.54) is 36.0 Å². The Bertz CT molecular complexity index is 702. The first kappa shape index (κ1) is 20.6. The number of hydrogen-bond donors (Lipinski definition) is 1. The van der Waals surface area contributed by atoms with Gasteiger partial charge in [-0.15, -0.1) is 11.8 Å².